The molecule has 1 aromatic heterocycles. The molecule has 2 rings (SSSR count). The van der Waals surface area contributed by atoms with Crippen LogP contribution in [0.4, 0.5) is 0 Å². The maximum atomic E-state index is 8.56. The van der Waals surface area contributed by atoms with Crippen molar-refractivity contribution >= 4 is 0 Å². The van der Waals surface area contributed by atoms with Crippen LogP contribution in [0.3, 0.4) is 0 Å². The summed E-state index contributed by atoms with van der Waals surface area (Å²) in [7, 11) is 3.15. The predicted molar refractivity (Wildman–Crippen MR) is 64.4 cm³/mol. The Morgan fingerprint density at radius 1 is 1.28 bits per heavy atom. The van der Waals surface area contributed by atoms with E-state index in [1.165, 1.54) is 0 Å². The minimum atomic E-state index is 0.160. The monoisotopic (exact) mass is 244 g/mol. The topological polar surface area (TPSA) is 68.3 Å². The molecule has 0 aliphatic heterocycles. The smallest absolute Gasteiger partial charge is 0.209 e. The van der Waals surface area contributed by atoms with Gasteiger partial charge in [-0.3, -0.25) is 0 Å². The lowest BCUT2D eigenvalue weighted by Gasteiger charge is -2.07. The number of nitriles is 1. The summed E-state index contributed by atoms with van der Waals surface area (Å²) in [6, 6.07) is 7.43. The summed E-state index contributed by atoms with van der Waals surface area (Å²) in [6.07, 6.45) is 1.75. The molecule has 0 aliphatic carbocycles. The van der Waals surface area contributed by atoms with Crippen molar-refractivity contribution in [3.63, 3.8) is 0 Å². The Morgan fingerprint density at radius 2 is 2.06 bits per heavy atom. The second kappa shape index (κ2) is 5.23. The van der Waals surface area contributed by atoms with Gasteiger partial charge in [0.15, 0.2) is 17.3 Å². The average molecular weight is 244 g/mol. The van der Waals surface area contributed by atoms with Crippen molar-refractivity contribution in [2.75, 3.05) is 14.2 Å². The van der Waals surface area contributed by atoms with E-state index in [4.69, 9.17) is 19.2 Å². The third kappa shape index (κ3) is 2.28. The third-order valence-electron chi connectivity index (χ3n) is 2.45. The fourth-order valence-electron chi connectivity index (χ4n) is 1.58. The Labute approximate surface area is 105 Å². The molecule has 0 N–H and O–H groups in total. The van der Waals surface area contributed by atoms with Gasteiger partial charge in [0.1, 0.15) is 6.42 Å². The standard InChI is InChI=1S/C13H12N2O3/c1-16-10-4-3-9(7-11(10)17-2)12-8-15-13(18-12)5-6-14/h3-4,7-8H,5H2,1-2H3. The highest BCUT2D eigenvalue weighted by molar-refractivity contribution is 5.62. The summed E-state index contributed by atoms with van der Waals surface area (Å²) in [4.78, 5) is 4.02. The Morgan fingerprint density at radius 3 is 2.72 bits per heavy atom. The van der Waals surface area contributed by atoms with E-state index in [2.05, 4.69) is 4.98 Å². The molecule has 0 atom stereocenters. The highest BCUT2D eigenvalue weighted by Crippen LogP contribution is 2.32. The van der Waals surface area contributed by atoms with Gasteiger partial charge in [0, 0.05) is 5.56 Å². The minimum absolute atomic E-state index is 0.160. The number of hydrogen-bond donors (Lipinski definition) is 0. The van der Waals surface area contributed by atoms with Crippen LogP contribution in [0.25, 0.3) is 11.3 Å². The zero-order valence-corrected chi connectivity index (χ0v) is 10.1. The van der Waals surface area contributed by atoms with Gasteiger partial charge in [0.2, 0.25) is 5.89 Å². The fraction of sp³-hybridized carbons (Fsp3) is 0.231. The van der Waals surface area contributed by atoms with E-state index in [9.17, 15) is 0 Å². The predicted octanol–water partition coefficient (Wildman–Crippen LogP) is 2.42. The van der Waals surface area contributed by atoms with Gasteiger partial charge in [0.25, 0.3) is 0 Å². The molecule has 5 heteroatoms. The molecule has 1 heterocycles. The molecule has 18 heavy (non-hydrogen) atoms. The Kier molecular flexibility index (Phi) is 3.49. The zero-order valence-electron chi connectivity index (χ0n) is 10.1. The number of methoxy groups -OCH3 is 2. The maximum absolute atomic E-state index is 8.56. The number of rotatable bonds is 4. The van der Waals surface area contributed by atoms with Crippen LogP contribution in [0.5, 0.6) is 11.5 Å². The van der Waals surface area contributed by atoms with Gasteiger partial charge in [-0.15, -0.1) is 0 Å². The number of nitrogens with zero attached hydrogens (tertiary/aromatic N) is 2. The van der Waals surface area contributed by atoms with E-state index < -0.39 is 0 Å². The van der Waals surface area contributed by atoms with Crippen molar-refractivity contribution in [1.29, 1.82) is 5.26 Å². The van der Waals surface area contributed by atoms with Crippen molar-refractivity contribution in [2.24, 2.45) is 0 Å². The molecular formula is C13H12N2O3. The molecule has 0 fully saturated rings. The molecule has 2 aromatic rings. The molecule has 0 saturated heterocycles. The quantitative estimate of drug-likeness (QED) is 0.826. The van der Waals surface area contributed by atoms with Crippen LogP contribution < -0.4 is 9.47 Å². The van der Waals surface area contributed by atoms with Gasteiger partial charge >= 0.3 is 0 Å². The molecule has 1 aromatic carbocycles. The van der Waals surface area contributed by atoms with Gasteiger partial charge in [-0.25, -0.2) is 4.98 Å². The summed E-state index contributed by atoms with van der Waals surface area (Å²) < 4.78 is 15.8. The van der Waals surface area contributed by atoms with Crippen LogP contribution >= 0.6 is 0 Å². The SMILES string of the molecule is COc1ccc(-c2cnc(CC#N)o2)cc1OC. The second-order valence-corrected chi connectivity index (χ2v) is 3.52. The van der Waals surface area contributed by atoms with Gasteiger partial charge in [-0.1, -0.05) is 0 Å². The first-order chi connectivity index (χ1) is 8.78. The van der Waals surface area contributed by atoms with Crippen LogP contribution in [0.15, 0.2) is 28.8 Å². The van der Waals surface area contributed by atoms with E-state index >= 15 is 0 Å². The highest BCUT2D eigenvalue weighted by atomic mass is 16.5. The third-order valence-corrected chi connectivity index (χ3v) is 2.45. The van der Waals surface area contributed by atoms with Gasteiger partial charge in [-0.2, -0.15) is 5.26 Å². The Balaban J connectivity index is 2.35. The first kappa shape index (κ1) is 12.0. The van der Waals surface area contributed by atoms with Crippen molar-refractivity contribution in [2.45, 2.75) is 6.42 Å². The molecule has 92 valence electrons. The van der Waals surface area contributed by atoms with Crippen molar-refractivity contribution in [3.8, 4) is 28.9 Å². The van der Waals surface area contributed by atoms with Crippen molar-refractivity contribution in [3.05, 3.63) is 30.3 Å². The fourth-order valence-corrected chi connectivity index (χ4v) is 1.58. The lowest BCUT2D eigenvalue weighted by Crippen LogP contribution is -1.90. The normalized spacial score (nSPS) is 9.83. The molecule has 0 bridgehead atoms. The summed E-state index contributed by atoms with van der Waals surface area (Å²) in [5, 5.41) is 8.56. The maximum Gasteiger partial charge on any atom is 0.209 e. The highest BCUT2D eigenvalue weighted by Gasteiger charge is 2.10. The largest absolute Gasteiger partial charge is 0.493 e. The van der Waals surface area contributed by atoms with Crippen molar-refractivity contribution < 1.29 is 13.9 Å². The summed E-state index contributed by atoms with van der Waals surface area (Å²) in [5.74, 6) is 2.27. The van der Waals surface area contributed by atoms with Gasteiger partial charge in [-0.05, 0) is 18.2 Å². The van der Waals surface area contributed by atoms with Crippen LogP contribution in [-0.4, -0.2) is 19.2 Å². The van der Waals surface area contributed by atoms with E-state index in [-0.39, 0.29) is 6.42 Å². The number of benzene rings is 1. The molecule has 0 amide bonds. The summed E-state index contributed by atoms with van der Waals surface area (Å²) >= 11 is 0. The number of oxazole rings is 1. The molecule has 0 unspecified atom stereocenters. The summed E-state index contributed by atoms with van der Waals surface area (Å²) in [6.45, 7) is 0. The van der Waals surface area contributed by atoms with Crippen molar-refractivity contribution in [1.82, 2.24) is 4.98 Å². The van der Waals surface area contributed by atoms with E-state index in [0.717, 1.165) is 5.56 Å². The molecular weight excluding hydrogens is 232 g/mol. The number of aromatic nitrogens is 1. The van der Waals surface area contributed by atoms with E-state index in [1.54, 1.807) is 32.5 Å². The van der Waals surface area contributed by atoms with E-state index in [1.807, 2.05) is 12.1 Å². The lowest BCUT2D eigenvalue weighted by molar-refractivity contribution is 0.355. The number of ether oxygens (including phenoxy) is 2. The van der Waals surface area contributed by atoms with Gasteiger partial charge < -0.3 is 13.9 Å². The van der Waals surface area contributed by atoms with Gasteiger partial charge in [0.05, 0.1) is 26.5 Å². The summed E-state index contributed by atoms with van der Waals surface area (Å²) in [5.41, 5.74) is 0.823. The van der Waals surface area contributed by atoms with Crippen LogP contribution in [0, 0.1) is 11.3 Å². The first-order valence-electron chi connectivity index (χ1n) is 5.32. The molecule has 5 nitrogen and oxygen atoms in total. The second-order valence-electron chi connectivity index (χ2n) is 3.52. The Hall–Kier alpha value is -2.48. The molecule has 0 saturated carbocycles. The van der Waals surface area contributed by atoms with E-state index in [0.29, 0.717) is 23.1 Å². The molecule has 0 aliphatic rings. The molecule has 0 spiro atoms. The van der Waals surface area contributed by atoms with Crippen LogP contribution in [-0.2, 0) is 6.42 Å². The first-order valence-corrected chi connectivity index (χ1v) is 5.32. The minimum Gasteiger partial charge on any atom is -0.493 e. The number of hydrogen-bond acceptors (Lipinski definition) is 5. The van der Waals surface area contributed by atoms with Crippen LogP contribution in [0.1, 0.15) is 5.89 Å². The Bertz CT molecular complexity index is 584. The zero-order chi connectivity index (χ0) is 13.0. The average Bonchev–Trinajstić information content (AvgIpc) is 2.87. The lowest BCUT2D eigenvalue weighted by atomic mass is 10.1. The van der Waals surface area contributed by atoms with Crippen LogP contribution in [0.2, 0.25) is 0 Å². The molecule has 0 radical (unpaired) electrons.